The summed E-state index contributed by atoms with van der Waals surface area (Å²) in [5.74, 6) is 0.815. The van der Waals surface area contributed by atoms with E-state index >= 15 is 0 Å². The predicted molar refractivity (Wildman–Crippen MR) is 323 cm³/mol. The van der Waals surface area contributed by atoms with Crippen molar-refractivity contribution >= 4 is 32.8 Å². The SMILES string of the molecule is [2H]c1c([2H])c([2H])c(-c2cc(-c3cccc(C(C)(C)C)c3)c(-[n+]3[c-]n(-c4[c-]c(Oc5[c-]c6c(cc5)c5ccccc5n6-c5cc(C([2H])([2H])[2H])c(-c6c([2H])c([2H])c([2H])c([2H])c6[2H])cn5)ccc4)c4ccccc43)c(-c3cc(C(C)(C)C)cc(C(C)(C)C)c3)c2)c([2H])c1[2H].[Pt]. The molecule has 79 heavy (non-hydrogen) atoms. The van der Waals surface area contributed by atoms with E-state index in [-0.39, 0.29) is 77.5 Å². The molecule has 9 aromatic carbocycles. The van der Waals surface area contributed by atoms with Gasteiger partial charge in [-0.25, -0.2) is 4.98 Å². The minimum Gasteiger partial charge on any atom is -0.510 e. The van der Waals surface area contributed by atoms with Gasteiger partial charge in [-0.3, -0.25) is 4.57 Å². The Balaban J connectivity index is 0.00000867. The Kier molecular flexibility index (Phi) is 10.2. The maximum Gasteiger partial charge on any atom is 0.268 e. The van der Waals surface area contributed by atoms with Gasteiger partial charge >= 0.3 is 0 Å². The molecule has 0 bridgehead atoms. The zero-order chi connectivity index (χ0) is 65.3. The second kappa shape index (κ2) is 20.6. The molecule has 0 amide bonds. The first kappa shape index (κ1) is 39.3. The normalized spacial score (nSPS) is 14.6. The van der Waals surface area contributed by atoms with E-state index in [1.54, 1.807) is 16.7 Å². The van der Waals surface area contributed by atoms with Crippen molar-refractivity contribution in [1.82, 2.24) is 14.1 Å². The van der Waals surface area contributed by atoms with Crippen LogP contribution in [0.5, 0.6) is 11.5 Å². The van der Waals surface area contributed by atoms with Crippen molar-refractivity contribution < 1.29 is 48.2 Å². The van der Waals surface area contributed by atoms with Crippen molar-refractivity contribution in [2.24, 2.45) is 0 Å². The van der Waals surface area contributed by atoms with Crippen molar-refractivity contribution in [2.75, 3.05) is 0 Å². The minimum absolute atomic E-state index is 0. The Morgan fingerprint density at radius 2 is 1.14 bits per heavy atom. The third-order valence-electron chi connectivity index (χ3n) is 14.4. The summed E-state index contributed by atoms with van der Waals surface area (Å²) < 4.78 is 125. The first-order chi connectivity index (χ1) is 42.8. The first-order valence-electron chi connectivity index (χ1n) is 32.5. The number of imidazole rings is 1. The standard InChI is InChI=1S/C73H64N4O.Pt/c1-48-37-69(74-46-64(48)50-25-15-12-16-26-50)77-65-32-18-17-31-60(65)61-36-35-59(45-68(61)77)78-58-30-22-29-57(44-58)75-47-76(67-34-20-19-33-66(67)75)70-62(51-27-21-28-54(38-51)71(2,3)4)41-52(49-23-13-11-14-24-49)42-63(70)53-39-55(72(5,6)7)43-56(40-53)73(8,9)10;/h11-43,46H,1-10H3;/q-2;/i1D3,11D,12D,13D,14D,15D,16D,23D,24D,25D,26D;. The van der Waals surface area contributed by atoms with Gasteiger partial charge < -0.3 is 13.9 Å². The zero-order valence-corrected chi connectivity index (χ0v) is 47.6. The maximum absolute atomic E-state index is 9.32. The van der Waals surface area contributed by atoms with E-state index in [0.717, 1.165) is 66.4 Å². The summed E-state index contributed by atoms with van der Waals surface area (Å²) in [4.78, 5) is 4.73. The molecule has 0 radical (unpaired) electrons. The quantitative estimate of drug-likeness (QED) is 0.107. The summed E-state index contributed by atoms with van der Waals surface area (Å²) in [6.07, 6.45) is 5.01. The molecule has 5 nitrogen and oxygen atoms in total. The molecule has 3 aromatic heterocycles. The van der Waals surface area contributed by atoms with Gasteiger partial charge in [-0.15, -0.1) is 29.7 Å². The number of hydrogen-bond donors (Lipinski definition) is 0. The minimum atomic E-state index is -2.80. The van der Waals surface area contributed by atoms with E-state index in [0.29, 0.717) is 33.8 Å². The van der Waals surface area contributed by atoms with Gasteiger partial charge in [0.2, 0.25) is 0 Å². The molecule has 0 spiro atoms. The Hall–Kier alpha value is -8.11. The fourth-order valence-electron chi connectivity index (χ4n) is 10.1. The third-order valence-corrected chi connectivity index (χ3v) is 14.4. The van der Waals surface area contributed by atoms with Crippen molar-refractivity contribution in [3.05, 3.63) is 247 Å². The van der Waals surface area contributed by atoms with Gasteiger partial charge in [0, 0.05) is 54.0 Å². The number of para-hydroxylation sites is 3. The molecular weight excluding hydrogens is 1140 g/mol. The average Bonchev–Trinajstić information content (AvgIpc) is 1.39. The van der Waals surface area contributed by atoms with E-state index in [9.17, 15) is 2.74 Å². The molecule has 0 fully saturated rings. The van der Waals surface area contributed by atoms with E-state index in [4.69, 9.17) is 24.8 Å². The largest absolute Gasteiger partial charge is 0.510 e. The fraction of sp³-hybridized carbons (Fsp3) is 0.178. The number of nitrogens with zero attached hydrogens (tertiary/aromatic N) is 4. The van der Waals surface area contributed by atoms with Crippen LogP contribution in [0.2, 0.25) is 0 Å². The summed E-state index contributed by atoms with van der Waals surface area (Å²) in [5.41, 5.74) is 9.51. The van der Waals surface area contributed by atoms with Gasteiger partial charge in [-0.2, -0.15) is 18.2 Å². The number of fused-ring (bicyclic) bond motifs is 4. The van der Waals surface area contributed by atoms with Gasteiger partial charge in [0.05, 0.1) is 30.4 Å². The second-order valence-electron chi connectivity index (χ2n) is 22.8. The molecule has 0 saturated carbocycles. The summed E-state index contributed by atoms with van der Waals surface area (Å²) in [5, 5.41) is 1.58. The number of pyridine rings is 1. The van der Waals surface area contributed by atoms with E-state index in [2.05, 4.69) is 111 Å². The molecule has 0 atom stereocenters. The molecule has 12 aromatic rings. The van der Waals surface area contributed by atoms with Crippen LogP contribution in [-0.4, -0.2) is 14.1 Å². The van der Waals surface area contributed by atoms with Gasteiger partial charge in [-0.1, -0.05) is 213 Å². The van der Waals surface area contributed by atoms with E-state index in [1.165, 1.54) is 12.3 Å². The molecule has 0 aliphatic carbocycles. The number of aromatic nitrogens is 4. The van der Waals surface area contributed by atoms with Crippen molar-refractivity contribution in [3.8, 4) is 73.2 Å². The molecule has 6 heteroatoms. The van der Waals surface area contributed by atoms with Gasteiger partial charge in [0.1, 0.15) is 5.82 Å². The molecule has 0 aliphatic rings. The molecule has 3 heterocycles. The smallest absolute Gasteiger partial charge is 0.268 e. The molecule has 0 unspecified atom stereocenters. The Labute approximate surface area is 498 Å². The monoisotopic (exact) mass is 1220 g/mol. The molecule has 0 N–H and O–H groups in total. The number of rotatable bonds is 9. The summed E-state index contributed by atoms with van der Waals surface area (Å²) in [7, 11) is 0. The van der Waals surface area contributed by atoms with E-state index < -0.39 is 55.2 Å². The van der Waals surface area contributed by atoms with Crippen LogP contribution in [0.25, 0.3) is 94.5 Å². The van der Waals surface area contributed by atoms with Gasteiger partial charge in [0.15, 0.2) is 0 Å². The molecule has 12 rings (SSSR count). The second-order valence-corrected chi connectivity index (χ2v) is 22.8. The Bertz CT molecular complexity index is 4900. The Morgan fingerprint density at radius 3 is 1.84 bits per heavy atom. The maximum atomic E-state index is 9.32. The Morgan fingerprint density at radius 1 is 0.519 bits per heavy atom. The molecule has 0 aliphatic heterocycles. The van der Waals surface area contributed by atoms with Crippen LogP contribution in [0.15, 0.2) is 206 Å². The first-order valence-corrected chi connectivity index (χ1v) is 26.0. The van der Waals surface area contributed by atoms with Crippen LogP contribution in [0.1, 0.15) is 102 Å². The fourth-order valence-corrected chi connectivity index (χ4v) is 10.1. The zero-order valence-electron chi connectivity index (χ0n) is 58.4. The van der Waals surface area contributed by atoms with Crippen LogP contribution in [0, 0.1) is 25.3 Å². The van der Waals surface area contributed by atoms with Crippen LogP contribution in [0.3, 0.4) is 0 Å². The van der Waals surface area contributed by atoms with Crippen LogP contribution < -0.4 is 9.30 Å². The molecular formula is C73H64N4OPt-2. The van der Waals surface area contributed by atoms with Gasteiger partial charge in [0.25, 0.3) is 6.33 Å². The molecule has 394 valence electrons. The third kappa shape index (κ3) is 10.2. The van der Waals surface area contributed by atoms with Crippen molar-refractivity contribution in [2.45, 2.75) is 85.4 Å². The summed E-state index contributed by atoms with van der Waals surface area (Å²) >= 11 is 0. The predicted octanol–water partition coefficient (Wildman–Crippen LogP) is 18.5. The number of benzene rings is 9. The van der Waals surface area contributed by atoms with Crippen LogP contribution in [-0.2, 0) is 37.3 Å². The average molecular weight is 1220 g/mol. The number of hydrogen-bond acceptors (Lipinski definition) is 2. The van der Waals surface area contributed by atoms with Crippen LogP contribution in [0.4, 0.5) is 0 Å². The van der Waals surface area contributed by atoms with E-state index in [1.807, 2.05) is 100 Å². The molecule has 0 saturated heterocycles. The van der Waals surface area contributed by atoms with Crippen LogP contribution >= 0.6 is 0 Å². The summed E-state index contributed by atoms with van der Waals surface area (Å²) in [6.45, 7) is 16.8. The summed E-state index contributed by atoms with van der Waals surface area (Å²) in [6, 6.07) is 47.1. The van der Waals surface area contributed by atoms with Crippen molar-refractivity contribution in [1.29, 1.82) is 0 Å². The number of ether oxygens (including phenoxy) is 1. The topological polar surface area (TPSA) is 35.9 Å². The van der Waals surface area contributed by atoms with Crippen molar-refractivity contribution in [3.63, 3.8) is 0 Å². The number of aryl methyl sites for hydroxylation is 1. The van der Waals surface area contributed by atoms with Gasteiger partial charge in [-0.05, 0) is 120 Å².